The van der Waals surface area contributed by atoms with Crippen molar-refractivity contribution >= 4 is 21.6 Å². The highest BCUT2D eigenvalue weighted by Crippen LogP contribution is 2.16. The molecule has 7 heteroatoms. The summed E-state index contributed by atoms with van der Waals surface area (Å²) in [5.41, 5.74) is 0.496. The van der Waals surface area contributed by atoms with Crippen molar-refractivity contribution in [2.24, 2.45) is 0 Å². The van der Waals surface area contributed by atoms with E-state index in [-0.39, 0.29) is 10.8 Å². The summed E-state index contributed by atoms with van der Waals surface area (Å²) in [4.78, 5) is 12.0. The Hall–Kier alpha value is -1.44. The summed E-state index contributed by atoms with van der Waals surface area (Å²) in [5.74, 6) is -0.0947. The molecule has 1 fully saturated rings. The number of sulfonamides is 1. The Bertz CT molecular complexity index is 595. The number of nitrogens with one attached hydrogen (secondary N) is 3. The summed E-state index contributed by atoms with van der Waals surface area (Å²) in [6.45, 7) is 1.02. The molecule has 1 amide bonds. The van der Waals surface area contributed by atoms with Gasteiger partial charge in [0.15, 0.2) is 0 Å². The minimum absolute atomic E-state index is 0.0947. The first-order valence-corrected chi connectivity index (χ1v) is 8.56. The van der Waals surface area contributed by atoms with E-state index in [9.17, 15) is 13.2 Å². The van der Waals surface area contributed by atoms with Gasteiger partial charge in [0.05, 0.1) is 4.90 Å². The van der Waals surface area contributed by atoms with E-state index >= 15 is 0 Å². The Kier molecular flexibility index (Phi) is 5.33. The second-order valence-corrected chi connectivity index (χ2v) is 7.00. The first kappa shape index (κ1) is 15.9. The lowest BCUT2D eigenvalue weighted by molar-refractivity contribution is -0.116. The van der Waals surface area contributed by atoms with Gasteiger partial charge in [0.25, 0.3) is 0 Å². The highest BCUT2D eigenvalue weighted by Gasteiger charge is 2.16. The SMILES string of the molecule is CNS(=O)(=O)c1cccc(NC(=O)CCC2CCCN2)c1. The molecule has 3 N–H and O–H groups in total. The molecule has 1 heterocycles. The van der Waals surface area contributed by atoms with Crippen LogP contribution in [0.5, 0.6) is 0 Å². The van der Waals surface area contributed by atoms with E-state index in [2.05, 4.69) is 15.4 Å². The predicted octanol–water partition coefficient (Wildman–Crippen LogP) is 1.07. The van der Waals surface area contributed by atoms with Crippen LogP contribution in [0.3, 0.4) is 0 Å². The summed E-state index contributed by atoms with van der Waals surface area (Å²) < 4.78 is 25.7. The molecule has 0 aliphatic carbocycles. The number of amides is 1. The fraction of sp³-hybridized carbons (Fsp3) is 0.500. The summed E-state index contributed by atoms with van der Waals surface area (Å²) in [6, 6.07) is 6.66. The third kappa shape index (κ3) is 4.52. The number of rotatable bonds is 6. The van der Waals surface area contributed by atoms with Crippen LogP contribution in [0.1, 0.15) is 25.7 Å². The molecule has 0 aromatic heterocycles. The first-order valence-electron chi connectivity index (χ1n) is 7.08. The Balaban J connectivity index is 1.93. The Morgan fingerprint density at radius 3 is 2.90 bits per heavy atom. The average Bonchev–Trinajstić information content (AvgIpc) is 2.99. The molecule has 21 heavy (non-hydrogen) atoms. The molecule has 0 saturated carbocycles. The maximum absolute atomic E-state index is 11.9. The molecule has 6 nitrogen and oxygen atoms in total. The van der Waals surface area contributed by atoms with Crippen LogP contribution in [-0.2, 0) is 14.8 Å². The van der Waals surface area contributed by atoms with Gasteiger partial charge < -0.3 is 10.6 Å². The van der Waals surface area contributed by atoms with Gasteiger partial charge in [-0.3, -0.25) is 4.79 Å². The Morgan fingerprint density at radius 2 is 2.24 bits per heavy atom. The standard InChI is InChI=1S/C14H21N3O3S/c1-15-21(19,20)13-6-2-4-12(10-13)17-14(18)8-7-11-5-3-9-16-11/h2,4,6,10-11,15-16H,3,5,7-9H2,1H3,(H,17,18). The maximum atomic E-state index is 11.9. The molecule has 1 aromatic carbocycles. The summed E-state index contributed by atoms with van der Waals surface area (Å²) >= 11 is 0. The zero-order valence-electron chi connectivity index (χ0n) is 12.1. The maximum Gasteiger partial charge on any atom is 0.240 e. The van der Waals surface area contributed by atoms with Gasteiger partial charge in [-0.15, -0.1) is 0 Å². The average molecular weight is 311 g/mol. The van der Waals surface area contributed by atoms with Crippen LogP contribution in [0, 0.1) is 0 Å². The van der Waals surface area contributed by atoms with Crippen LogP contribution in [0.4, 0.5) is 5.69 Å². The van der Waals surface area contributed by atoms with E-state index in [1.165, 1.54) is 19.2 Å². The topological polar surface area (TPSA) is 87.3 Å². The monoisotopic (exact) mass is 311 g/mol. The lowest BCUT2D eigenvalue weighted by atomic mass is 10.1. The number of benzene rings is 1. The second-order valence-electron chi connectivity index (χ2n) is 5.12. The summed E-state index contributed by atoms with van der Waals surface area (Å²) in [7, 11) is -2.14. The summed E-state index contributed by atoms with van der Waals surface area (Å²) in [5, 5.41) is 6.09. The van der Waals surface area contributed by atoms with Crippen molar-refractivity contribution in [2.75, 3.05) is 18.9 Å². The minimum Gasteiger partial charge on any atom is -0.326 e. The van der Waals surface area contributed by atoms with E-state index < -0.39 is 10.0 Å². The van der Waals surface area contributed by atoms with Crippen LogP contribution in [0.25, 0.3) is 0 Å². The number of carbonyl (C=O) groups is 1. The molecule has 1 aromatic rings. The van der Waals surface area contributed by atoms with E-state index in [0.29, 0.717) is 18.2 Å². The van der Waals surface area contributed by atoms with Gasteiger partial charge in [0.1, 0.15) is 0 Å². The molecule has 0 bridgehead atoms. The quantitative estimate of drug-likeness (QED) is 0.733. The molecule has 1 aliphatic rings. The third-order valence-electron chi connectivity index (χ3n) is 3.58. The molecule has 116 valence electrons. The lowest BCUT2D eigenvalue weighted by Gasteiger charge is -2.10. The highest BCUT2D eigenvalue weighted by molar-refractivity contribution is 7.89. The van der Waals surface area contributed by atoms with Gasteiger partial charge in [-0.25, -0.2) is 13.1 Å². The van der Waals surface area contributed by atoms with Crippen molar-refractivity contribution in [3.8, 4) is 0 Å². The van der Waals surface area contributed by atoms with Crippen LogP contribution < -0.4 is 15.4 Å². The van der Waals surface area contributed by atoms with Gasteiger partial charge in [-0.05, 0) is 51.1 Å². The van der Waals surface area contributed by atoms with E-state index in [1.54, 1.807) is 12.1 Å². The van der Waals surface area contributed by atoms with Crippen molar-refractivity contribution in [2.45, 2.75) is 36.6 Å². The molecule has 1 unspecified atom stereocenters. The molecule has 1 aliphatic heterocycles. The van der Waals surface area contributed by atoms with Gasteiger partial charge in [0.2, 0.25) is 15.9 Å². The van der Waals surface area contributed by atoms with Crippen LogP contribution >= 0.6 is 0 Å². The molecule has 0 radical (unpaired) electrons. The largest absolute Gasteiger partial charge is 0.326 e. The fourth-order valence-corrected chi connectivity index (χ4v) is 3.17. The van der Waals surface area contributed by atoms with E-state index in [0.717, 1.165) is 25.8 Å². The van der Waals surface area contributed by atoms with Crippen LogP contribution in [0.15, 0.2) is 29.2 Å². The van der Waals surface area contributed by atoms with Crippen molar-refractivity contribution in [1.29, 1.82) is 0 Å². The lowest BCUT2D eigenvalue weighted by Crippen LogP contribution is -2.23. The third-order valence-corrected chi connectivity index (χ3v) is 4.99. The smallest absolute Gasteiger partial charge is 0.240 e. The normalized spacial score (nSPS) is 18.6. The van der Waals surface area contributed by atoms with Gasteiger partial charge in [-0.1, -0.05) is 6.07 Å². The Morgan fingerprint density at radius 1 is 1.43 bits per heavy atom. The molecule has 1 atom stereocenters. The van der Waals surface area contributed by atoms with E-state index in [4.69, 9.17) is 0 Å². The van der Waals surface area contributed by atoms with Crippen molar-refractivity contribution in [1.82, 2.24) is 10.0 Å². The number of hydrogen-bond acceptors (Lipinski definition) is 4. The number of carbonyl (C=O) groups excluding carboxylic acids is 1. The van der Waals surface area contributed by atoms with E-state index in [1.807, 2.05) is 0 Å². The van der Waals surface area contributed by atoms with Crippen molar-refractivity contribution < 1.29 is 13.2 Å². The molecular formula is C14H21N3O3S. The number of anilines is 1. The predicted molar refractivity (Wildman–Crippen MR) is 81.6 cm³/mol. The number of hydrogen-bond donors (Lipinski definition) is 3. The molecule has 2 rings (SSSR count). The fourth-order valence-electron chi connectivity index (χ4n) is 2.39. The Labute approximate surface area is 125 Å². The van der Waals surface area contributed by atoms with Gasteiger partial charge in [-0.2, -0.15) is 0 Å². The molecule has 0 spiro atoms. The summed E-state index contributed by atoms with van der Waals surface area (Å²) in [6.07, 6.45) is 3.51. The first-order chi connectivity index (χ1) is 10.0. The highest BCUT2D eigenvalue weighted by atomic mass is 32.2. The van der Waals surface area contributed by atoms with Crippen LogP contribution in [-0.4, -0.2) is 34.0 Å². The molecular weight excluding hydrogens is 290 g/mol. The minimum atomic E-state index is -3.49. The second kappa shape index (κ2) is 7.02. The van der Waals surface area contributed by atoms with Crippen molar-refractivity contribution in [3.63, 3.8) is 0 Å². The van der Waals surface area contributed by atoms with Crippen LogP contribution in [0.2, 0.25) is 0 Å². The molecule has 1 saturated heterocycles. The van der Waals surface area contributed by atoms with Gasteiger partial charge in [0, 0.05) is 18.2 Å². The van der Waals surface area contributed by atoms with Crippen molar-refractivity contribution in [3.05, 3.63) is 24.3 Å². The zero-order valence-corrected chi connectivity index (χ0v) is 12.9. The van der Waals surface area contributed by atoms with Gasteiger partial charge >= 0.3 is 0 Å². The zero-order chi connectivity index (χ0) is 15.3.